The fourth-order valence-corrected chi connectivity index (χ4v) is 3.82. The smallest absolute Gasteiger partial charge is 0.132 e. The summed E-state index contributed by atoms with van der Waals surface area (Å²) in [5, 5.41) is 33.0. The van der Waals surface area contributed by atoms with Crippen molar-refractivity contribution in [2.75, 3.05) is 0 Å². The lowest BCUT2D eigenvalue weighted by atomic mass is 9.81. The van der Waals surface area contributed by atoms with E-state index in [0.29, 0.717) is 16.5 Å². The van der Waals surface area contributed by atoms with E-state index in [1.807, 2.05) is 31.2 Å². The molecule has 0 radical (unpaired) electrons. The number of hydrogen-bond acceptors (Lipinski definition) is 3. The summed E-state index contributed by atoms with van der Waals surface area (Å²) in [5.74, 6) is -0.435. The van der Waals surface area contributed by atoms with Gasteiger partial charge in [0.05, 0.1) is 6.61 Å². The van der Waals surface area contributed by atoms with Crippen molar-refractivity contribution >= 4 is 27.6 Å². The topological polar surface area (TPSA) is 60.7 Å². The van der Waals surface area contributed by atoms with Crippen LogP contribution in [0.2, 0.25) is 0 Å². The van der Waals surface area contributed by atoms with Crippen LogP contribution >= 0.6 is 0 Å². The molecule has 122 valence electrons. The van der Waals surface area contributed by atoms with Crippen molar-refractivity contribution in [3.63, 3.8) is 0 Å². The third-order valence-electron chi connectivity index (χ3n) is 4.93. The molecule has 3 N–H and O–H groups in total. The average molecular weight is 324 g/mol. The first-order valence-electron chi connectivity index (χ1n) is 7.86. The largest absolute Gasteiger partial charge is 0.392 e. The quantitative estimate of drug-likeness (QED) is 0.602. The van der Waals surface area contributed by atoms with Crippen LogP contribution in [0.25, 0.3) is 27.6 Å². The summed E-state index contributed by atoms with van der Waals surface area (Å²) in [6, 6.07) is 8.98. The fraction of sp³-hybridized carbons (Fsp3) is 0.200. The Bertz CT molecular complexity index is 1010. The summed E-state index contributed by atoms with van der Waals surface area (Å²) in [6.45, 7) is 1.47. The van der Waals surface area contributed by atoms with Crippen LogP contribution in [0.1, 0.15) is 28.4 Å². The summed E-state index contributed by atoms with van der Waals surface area (Å²) in [4.78, 5) is 0. The van der Waals surface area contributed by atoms with E-state index in [2.05, 4.69) is 0 Å². The van der Waals surface area contributed by atoms with Crippen LogP contribution in [0.4, 0.5) is 4.39 Å². The van der Waals surface area contributed by atoms with Crippen molar-refractivity contribution in [3.8, 4) is 0 Å². The van der Waals surface area contributed by atoms with E-state index in [0.717, 1.165) is 27.3 Å². The summed E-state index contributed by atoms with van der Waals surface area (Å²) in [6.07, 6.45) is 1.01. The summed E-state index contributed by atoms with van der Waals surface area (Å²) < 4.78 is 14.9. The molecule has 1 aliphatic rings. The summed E-state index contributed by atoms with van der Waals surface area (Å²) in [5.41, 5.74) is 2.31. The van der Waals surface area contributed by atoms with Crippen LogP contribution in [0.15, 0.2) is 36.4 Å². The number of hydrogen-bond donors (Lipinski definition) is 3. The molecule has 0 bridgehead atoms. The van der Waals surface area contributed by atoms with E-state index in [-0.39, 0.29) is 0 Å². The van der Waals surface area contributed by atoms with Crippen molar-refractivity contribution in [1.82, 2.24) is 0 Å². The number of fused-ring (bicyclic) bond motifs is 4. The molecule has 2 atom stereocenters. The molecule has 3 aromatic carbocycles. The molecule has 2 unspecified atom stereocenters. The van der Waals surface area contributed by atoms with Gasteiger partial charge in [0.2, 0.25) is 0 Å². The Labute approximate surface area is 138 Å². The van der Waals surface area contributed by atoms with Gasteiger partial charge in [-0.1, -0.05) is 36.4 Å². The van der Waals surface area contributed by atoms with Gasteiger partial charge in [-0.3, -0.25) is 0 Å². The predicted octanol–water partition coefficient (Wildman–Crippen LogP) is 3.35. The molecule has 4 rings (SSSR count). The van der Waals surface area contributed by atoms with E-state index < -0.39 is 24.6 Å². The molecule has 24 heavy (non-hydrogen) atoms. The Hall–Kier alpha value is -2.27. The molecule has 3 aromatic rings. The van der Waals surface area contributed by atoms with Crippen molar-refractivity contribution in [3.05, 3.63) is 64.5 Å². The Kier molecular flexibility index (Phi) is 3.42. The van der Waals surface area contributed by atoms with Gasteiger partial charge < -0.3 is 15.3 Å². The minimum Gasteiger partial charge on any atom is -0.392 e. The number of aliphatic hydroxyl groups is 3. The van der Waals surface area contributed by atoms with Gasteiger partial charge in [-0.05, 0) is 51.4 Å². The fourth-order valence-electron chi connectivity index (χ4n) is 3.82. The minimum absolute atomic E-state index is 0.314. The molecule has 0 aromatic heterocycles. The van der Waals surface area contributed by atoms with Gasteiger partial charge in [0.15, 0.2) is 0 Å². The Morgan fingerprint density at radius 3 is 2.62 bits per heavy atom. The number of aliphatic hydroxyl groups excluding tert-OH is 3. The maximum absolute atomic E-state index is 14.9. The number of halogens is 1. The highest BCUT2D eigenvalue weighted by Crippen LogP contribution is 2.42. The Balaban J connectivity index is 2.29. The van der Waals surface area contributed by atoms with Crippen LogP contribution in [-0.2, 0) is 6.61 Å². The first-order chi connectivity index (χ1) is 11.5. The second-order valence-electron chi connectivity index (χ2n) is 6.21. The molecule has 0 saturated carbocycles. The first kappa shape index (κ1) is 15.3. The van der Waals surface area contributed by atoms with E-state index in [4.69, 9.17) is 0 Å². The molecule has 1 aliphatic carbocycles. The molecule has 0 amide bonds. The Morgan fingerprint density at radius 2 is 1.88 bits per heavy atom. The van der Waals surface area contributed by atoms with Gasteiger partial charge in [0.1, 0.15) is 18.0 Å². The Morgan fingerprint density at radius 1 is 1.12 bits per heavy atom. The maximum atomic E-state index is 14.9. The molecule has 0 aliphatic heterocycles. The molecule has 4 heteroatoms. The molecule has 0 heterocycles. The van der Waals surface area contributed by atoms with Gasteiger partial charge in [-0.25, -0.2) is 4.39 Å². The predicted molar refractivity (Wildman–Crippen MR) is 92.1 cm³/mol. The molecular weight excluding hydrogens is 307 g/mol. The zero-order valence-corrected chi connectivity index (χ0v) is 13.1. The van der Waals surface area contributed by atoms with E-state index in [1.54, 1.807) is 6.08 Å². The van der Waals surface area contributed by atoms with Gasteiger partial charge in [-0.15, -0.1) is 0 Å². The zero-order valence-electron chi connectivity index (χ0n) is 13.1. The first-order valence-corrected chi connectivity index (χ1v) is 7.86. The second kappa shape index (κ2) is 5.38. The van der Waals surface area contributed by atoms with Crippen LogP contribution in [-0.4, -0.2) is 21.4 Å². The van der Waals surface area contributed by atoms with Crippen LogP contribution < -0.4 is 0 Å². The van der Waals surface area contributed by atoms with E-state index in [1.165, 1.54) is 12.1 Å². The van der Waals surface area contributed by atoms with Crippen LogP contribution in [0.5, 0.6) is 0 Å². The highest BCUT2D eigenvalue weighted by Gasteiger charge is 2.29. The van der Waals surface area contributed by atoms with Crippen molar-refractivity contribution in [2.24, 2.45) is 0 Å². The summed E-state index contributed by atoms with van der Waals surface area (Å²) >= 11 is 0. The third kappa shape index (κ3) is 1.94. The zero-order chi connectivity index (χ0) is 17.0. The molecular formula is C20H17FO3. The lowest BCUT2D eigenvalue weighted by Crippen LogP contribution is -2.22. The van der Waals surface area contributed by atoms with Crippen LogP contribution in [0, 0.1) is 12.7 Å². The normalized spacial score (nSPS) is 19.9. The van der Waals surface area contributed by atoms with Crippen molar-refractivity contribution < 1.29 is 19.7 Å². The average Bonchev–Trinajstić information content (AvgIpc) is 2.58. The van der Waals surface area contributed by atoms with Gasteiger partial charge in [0, 0.05) is 5.39 Å². The van der Waals surface area contributed by atoms with Crippen molar-refractivity contribution in [2.45, 2.75) is 25.7 Å². The molecule has 0 saturated heterocycles. The van der Waals surface area contributed by atoms with Gasteiger partial charge >= 0.3 is 0 Å². The second-order valence-corrected chi connectivity index (χ2v) is 6.21. The van der Waals surface area contributed by atoms with E-state index in [9.17, 15) is 19.7 Å². The van der Waals surface area contributed by atoms with Gasteiger partial charge in [-0.2, -0.15) is 0 Å². The number of aryl methyl sites for hydroxylation is 1. The lowest BCUT2D eigenvalue weighted by molar-refractivity contribution is 0.0456. The minimum atomic E-state index is -1.18. The number of benzene rings is 3. The SMILES string of the molecule is Cc1c2c(c(CO)c3c(F)cc4ccccc4c13)C(O)C(O)C=C2. The monoisotopic (exact) mass is 324 g/mol. The standard InChI is InChI=1S/C20H17FO3/c1-10-12-6-7-16(23)20(24)18(12)14(9-22)19-15(21)8-11-4-2-3-5-13(11)17(10)19/h2-8,16,20,22-24H,9H2,1H3. The van der Waals surface area contributed by atoms with Crippen LogP contribution in [0.3, 0.4) is 0 Å². The molecule has 0 fully saturated rings. The van der Waals surface area contributed by atoms with E-state index >= 15 is 0 Å². The maximum Gasteiger partial charge on any atom is 0.132 e. The number of rotatable bonds is 1. The molecule has 0 spiro atoms. The highest BCUT2D eigenvalue weighted by molar-refractivity contribution is 6.12. The van der Waals surface area contributed by atoms with Crippen molar-refractivity contribution in [1.29, 1.82) is 0 Å². The summed E-state index contributed by atoms with van der Waals surface area (Å²) in [7, 11) is 0. The lowest BCUT2D eigenvalue weighted by Gasteiger charge is -2.28. The third-order valence-corrected chi connectivity index (χ3v) is 4.93. The van der Waals surface area contributed by atoms with Gasteiger partial charge in [0.25, 0.3) is 0 Å². The molecule has 3 nitrogen and oxygen atoms in total. The highest BCUT2D eigenvalue weighted by atomic mass is 19.1.